The minimum Gasteiger partial charge on any atom is -0.460 e. The Labute approximate surface area is 198 Å². The molecular formula is C25H28N4O3S. The minimum absolute atomic E-state index is 0.0505. The molecule has 1 aliphatic heterocycles. The van der Waals surface area contributed by atoms with Crippen LogP contribution in [0, 0.1) is 5.92 Å². The van der Waals surface area contributed by atoms with E-state index in [2.05, 4.69) is 4.98 Å². The smallest absolute Gasteiger partial charge is 0.309 e. The lowest BCUT2D eigenvalue weighted by Crippen LogP contribution is -2.41. The van der Waals surface area contributed by atoms with Gasteiger partial charge in [0.25, 0.3) is 5.91 Å². The number of likely N-dealkylation sites (tertiary alicyclic amines) is 1. The maximum Gasteiger partial charge on any atom is 0.309 e. The first-order chi connectivity index (χ1) is 15.6. The number of imidazole rings is 1. The number of rotatable bonds is 4. The van der Waals surface area contributed by atoms with Gasteiger partial charge < -0.3 is 19.8 Å². The molecule has 3 heterocycles. The van der Waals surface area contributed by atoms with Crippen molar-refractivity contribution in [2.24, 2.45) is 11.7 Å². The van der Waals surface area contributed by atoms with Crippen LogP contribution in [0.5, 0.6) is 0 Å². The summed E-state index contributed by atoms with van der Waals surface area (Å²) in [6.45, 7) is 6.66. The highest BCUT2D eigenvalue weighted by atomic mass is 32.1. The Hall–Kier alpha value is -3.26. The summed E-state index contributed by atoms with van der Waals surface area (Å²) in [5.74, 6) is -0.390. The van der Waals surface area contributed by atoms with E-state index in [1.807, 2.05) is 61.8 Å². The first-order valence-electron chi connectivity index (χ1n) is 11.0. The van der Waals surface area contributed by atoms with Gasteiger partial charge in [0.2, 0.25) is 0 Å². The number of fused-ring (bicyclic) bond motifs is 1. The van der Waals surface area contributed by atoms with Crippen molar-refractivity contribution in [1.29, 1.82) is 0 Å². The van der Waals surface area contributed by atoms with Crippen LogP contribution in [0.25, 0.3) is 16.9 Å². The van der Waals surface area contributed by atoms with Crippen LogP contribution in [0.4, 0.5) is 0 Å². The van der Waals surface area contributed by atoms with Crippen molar-refractivity contribution < 1.29 is 14.3 Å². The summed E-state index contributed by atoms with van der Waals surface area (Å²) in [5.41, 5.74) is 8.99. The maximum absolute atomic E-state index is 13.1. The van der Waals surface area contributed by atoms with Gasteiger partial charge in [0.05, 0.1) is 11.6 Å². The number of hydrogen-bond donors (Lipinski definition) is 1. The third kappa shape index (κ3) is 5.22. The molecule has 1 aromatic carbocycles. The first kappa shape index (κ1) is 22.9. The van der Waals surface area contributed by atoms with Crippen molar-refractivity contribution in [3.8, 4) is 11.3 Å². The van der Waals surface area contributed by atoms with E-state index >= 15 is 0 Å². The van der Waals surface area contributed by atoms with Gasteiger partial charge in [0.1, 0.15) is 16.2 Å². The highest BCUT2D eigenvalue weighted by Crippen LogP contribution is 2.24. The summed E-state index contributed by atoms with van der Waals surface area (Å²) < 4.78 is 7.39. The molecule has 172 valence electrons. The Morgan fingerprint density at radius 3 is 2.36 bits per heavy atom. The zero-order valence-electron chi connectivity index (χ0n) is 19.1. The van der Waals surface area contributed by atoms with Crippen molar-refractivity contribution in [3.63, 3.8) is 0 Å². The predicted octanol–water partition coefficient (Wildman–Crippen LogP) is 3.83. The van der Waals surface area contributed by atoms with Gasteiger partial charge in [-0.3, -0.25) is 9.59 Å². The Kier molecular flexibility index (Phi) is 6.21. The van der Waals surface area contributed by atoms with Crippen LogP contribution < -0.4 is 5.73 Å². The van der Waals surface area contributed by atoms with Gasteiger partial charge in [0, 0.05) is 42.2 Å². The quantitative estimate of drug-likeness (QED) is 0.466. The zero-order chi connectivity index (χ0) is 23.8. The second-order valence-corrected chi connectivity index (χ2v) is 9.79. The van der Waals surface area contributed by atoms with E-state index in [9.17, 15) is 9.59 Å². The number of aromatic nitrogens is 2. The summed E-state index contributed by atoms with van der Waals surface area (Å²) in [6.07, 6.45) is 4.99. The summed E-state index contributed by atoms with van der Waals surface area (Å²) in [4.78, 5) is 32.2. The third-order valence-electron chi connectivity index (χ3n) is 5.69. The number of nitrogens with two attached hydrogens (primary N) is 1. The second-order valence-electron chi connectivity index (χ2n) is 9.35. The van der Waals surface area contributed by atoms with Crippen LogP contribution in [-0.4, -0.2) is 49.8 Å². The summed E-state index contributed by atoms with van der Waals surface area (Å²) in [6, 6.07) is 11.2. The first-order valence-corrected chi connectivity index (χ1v) is 11.4. The van der Waals surface area contributed by atoms with E-state index in [-0.39, 0.29) is 17.8 Å². The van der Waals surface area contributed by atoms with E-state index in [0.29, 0.717) is 42.1 Å². The Morgan fingerprint density at radius 1 is 1.09 bits per heavy atom. The topological polar surface area (TPSA) is 89.9 Å². The van der Waals surface area contributed by atoms with Gasteiger partial charge in [0.15, 0.2) is 0 Å². The summed E-state index contributed by atoms with van der Waals surface area (Å²) >= 11 is 5.01. The van der Waals surface area contributed by atoms with Gasteiger partial charge in [-0.05, 0) is 45.7 Å². The van der Waals surface area contributed by atoms with Crippen LogP contribution in [-0.2, 0) is 9.53 Å². The standard InChI is InChI=1S/C25H28N4O3S/c1-25(2,3)32-24(31)18-8-11-28(12-9-18)23(30)19-10-13-29-15-20(27-21(29)14-19)16-4-6-17(7-5-16)22(26)33/h4-7,10,13-15,18H,8-9,11-12H2,1-3H3,(H2,26,33). The van der Waals surface area contributed by atoms with Crippen LogP contribution in [0.2, 0.25) is 0 Å². The molecule has 8 heteroatoms. The number of hydrogen-bond acceptors (Lipinski definition) is 5. The van der Waals surface area contributed by atoms with Gasteiger partial charge in [-0.25, -0.2) is 4.98 Å². The highest BCUT2D eigenvalue weighted by Gasteiger charge is 2.31. The molecular weight excluding hydrogens is 436 g/mol. The molecule has 0 spiro atoms. The number of amides is 1. The van der Waals surface area contributed by atoms with E-state index < -0.39 is 5.60 Å². The van der Waals surface area contributed by atoms with Gasteiger partial charge >= 0.3 is 5.97 Å². The van der Waals surface area contributed by atoms with Crippen molar-refractivity contribution >= 4 is 34.7 Å². The molecule has 0 radical (unpaired) electrons. The fourth-order valence-electron chi connectivity index (χ4n) is 3.95. The van der Waals surface area contributed by atoms with E-state index in [1.165, 1.54) is 0 Å². The van der Waals surface area contributed by atoms with Crippen LogP contribution in [0.1, 0.15) is 49.5 Å². The van der Waals surface area contributed by atoms with Gasteiger partial charge in [-0.2, -0.15) is 0 Å². The molecule has 2 aromatic heterocycles. The fraction of sp³-hybridized carbons (Fsp3) is 0.360. The van der Waals surface area contributed by atoms with Crippen molar-refractivity contribution in [1.82, 2.24) is 14.3 Å². The number of nitrogens with zero attached hydrogens (tertiary/aromatic N) is 3. The molecule has 1 fully saturated rings. The van der Waals surface area contributed by atoms with Crippen LogP contribution >= 0.6 is 12.2 Å². The Morgan fingerprint density at radius 2 is 1.76 bits per heavy atom. The Bertz CT molecular complexity index is 1200. The lowest BCUT2D eigenvalue weighted by molar-refractivity contribution is -0.161. The number of esters is 1. The molecule has 0 unspecified atom stereocenters. The number of thiocarbonyl (C=S) groups is 1. The lowest BCUT2D eigenvalue weighted by Gasteiger charge is -2.32. The number of carbonyl (C=O) groups excluding carboxylic acids is 2. The molecule has 4 rings (SSSR count). The number of pyridine rings is 1. The third-order valence-corrected chi connectivity index (χ3v) is 5.93. The number of carbonyl (C=O) groups is 2. The molecule has 0 bridgehead atoms. The van der Waals surface area contributed by atoms with Crippen LogP contribution in [0.15, 0.2) is 48.8 Å². The molecule has 1 aliphatic rings. The number of ether oxygens (including phenoxy) is 1. The SMILES string of the molecule is CC(C)(C)OC(=O)C1CCN(C(=O)c2ccn3cc(-c4ccc(C(N)=S)cc4)nc3c2)CC1. The fourth-order valence-corrected chi connectivity index (χ4v) is 4.08. The summed E-state index contributed by atoms with van der Waals surface area (Å²) in [5, 5.41) is 0. The number of benzene rings is 1. The summed E-state index contributed by atoms with van der Waals surface area (Å²) in [7, 11) is 0. The molecule has 0 aliphatic carbocycles. The van der Waals surface area contributed by atoms with Crippen molar-refractivity contribution in [3.05, 3.63) is 59.9 Å². The highest BCUT2D eigenvalue weighted by molar-refractivity contribution is 7.80. The monoisotopic (exact) mass is 464 g/mol. The molecule has 3 aromatic rings. The Balaban J connectivity index is 1.45. The van der Waals surface area contributed by atoms with E-state index in [0.717, 1.165) is 16.8 Å². The van der Waals surface area contributed by atoms with Crippen LogP contribution in [0.3, 0.4) is 0 Å². The molecule has 2 N–H and O–H groups in total. The molecule has 0 atom stereocenters. The van der Waals surface area contributed by atoms with Gasteiger partial charge in [-0.15, -0.1) is 0 Å². The predicted molar refractivity (Wildman–Crippen MR) is 131 cm³/mol. The largest absolute Gasteiger partial charge is 0.460 e. The van der Waals surface area contributed by atoms with Crippen molar-refractivity contribution in [2.45, 2.75) is 39.2 Å². The van der Waals surface area contributed by atoms with Crippen molar-refractivity contribution in [2.75, 3.05) is 13.1 Å². The normalized spacial score (nSPS) is 14.9. The zero-order valence-corrected chi connectivity index (χ0v) is 19.9. The molecule has 33 heavy (non-hydrogen) atoms. The second kappa shape index (κ2) is 8.94. The molecule has 1 saturated heterocycles. The van der Waals surface area contributed by atoms with E-state index in [1.54, 1.807) is 17.0 Å². The molecule has 7 nitrogen and oxygen atoms in total. The molecule has 1 amide bonds. The maximum atomic E-state index is 13.1. The minimum atomic E-state index is -0.498. The average molecular weight is 465 g/mol. The van der Waals surface area contributed by atoms with Gasteiger partial charge in [-0.1, -0.05) is 36.5 Å². The average Bonchev–Trinajstić information content (AvgIpc) is 3.21. The molecule has 0 saturated carbocycles. The number of piperidine rings is 1. The van der Waals surface area contributed by atoms with E-state index in [4.69, 9.17) is 22.7 Å². The lowest BCUT2D eigenvalue weighted by atomic mass is 9.96.